The number of nitriles is 1. The standard InChI is InChI=1S/C25H24N4O4/c1-14-7-22(27-9-16(14)8-26)24-28-17(12-32-24)10-29-6-5-23(30)20(11-29)18-3-4-19-21(15(18)2)13-33-25(19)31/h3-4,7,9,12,20,23,30H,5-6,10-11,13H2,1-2H3/t20-,23+/m0/s1. The summed E-state index contributed by atoms with van der Waals surface area (Å²) in [6.45, 7) is 6.16. The number of likely N-dealkylation sites (tertiary alicyclic amines) is 1. The van der Waals surface area contributed by atoms with Crippen molar-refractivity contribution in [2.75, 3.05) is 13.1 Å². The summed E-state index contributed by atoms with van der Waals surface area (Å²) in [6, 6.07) is 7.67. The van der Waals surface area contributed by atoms with Crippen LogP contribution < -0.4 is 0 Å². The number of hydrogen-bond donors (Lipinski definition) is 1. The van der Waals surface area contributed by atoms with E-state index in [0.717, 1.165) is 34.5 Å². The lowest BCUT2D eigenvalue weighted by Crippen LogP contribution is -2.41. The normalized spacial score (nSPS) is 20.4. The lowest BCUT2D eigenvalue weighted by molar-refractivity contribution is 0.0532. The number of benzene rings is 1. The van der Waals surface area contributed by atoms with Gasteiger partial charge >= 0.3 is 5.97 Å². The average Bonchev–Trinajstić information content (AvgIpc) is 3.43. The van der Waals surface area contributed by atoms with Crippen LogP contribution in [-0.4, -0.2) is 45.1 Å². The van der Waals surface area contributed by atoms with Crippen LogP contribution in [0, 0.1) is 25.2 Å². The summed E-state index contributed by atoms with van der Waals surface area (Å²) in [5.41, 5.74) is 6.36. The molecule has 1 N–H and O–H groups in total. The van der Waals surface area contributed by atoms with Crippen LogP contribution in [0.4, 0.5) is 0 Å². The molecule has 0 radical (unpaired) electrons. The molecular formula is C25H24N4O4. The Kier molecular flexibility index (Phi) is 5.44. The van der Waals surface area contributed by atoms with E-state index in [0.29, 0.717) is 48.8 Å². The van der Waals surface area contributed by atoms with E-state index < -0.39 is 6.10 Å². The van der Waals surface area contributed by atoms with E-state index in [1.165, 1.54) is 6.20 Å². The summed E-state index contributed by atoms with van der Waals surface area (Å²) < 4.78 is 10.8. The molecule has 33 heavy (non-hydrogen) atoms. The molecule has 168 valence electrons. The molecule has 1 fully saturated rings. The third-order valence-corrected chi connectivity index (χ3v) is 6.66. The minimum Gasteiger partial charge on any atom is -0.457 e. The molecule has 8 nitrogen and oxygen atoms in total. The SMILES string of the molecule is Cc1cc(-c2nc(CN3CC[C@@H](O)[C@H](c4ccc5c(c4C)COC5=O)C3)co2)ncc1C#N. The third kappa shape index (κ3) is 3.90. The molecule has 0 aliphatic carbocycles. The monoisotopic (exact) mass is 444 g/mol. The maximum Gasteiger partial charge on any atom is 0.338 e. The molecule has 4 heterocycles. The minimum absolute atomic E-state index is 0.0611. The minimum atomic E-state index is -0.449. The number of nitrogens with zero attached hydrogens (tertiary/aromatic N) is 4. The van der Waals surface area contributed by atoms with E-state index in [1.807, 2.05) is 26.0 Å². The molecule has 0 amide bonds. The number of ether oxygens (including phenoxy) is 1. The number of esters is 1. The summed E-state index contributed by atoms with van der Waals surface area (Å²) in [7, 11) is 0. The van der Waals surface area contributed by atoms with Crippen molar-refractivity contribution in [1.29, 1.82) is 5.26 Å². The highest BCUT2D eigenvalue weighted by Gasteiger charge is 2.33. The zero-order chi connectivity index (χ0) is 23.1. The molecule has 2 aliphatic heterocycles. The number of rotatable bonds is 4. The summed E-state index contributed by atoms with van der Waals surface area (Å²) >= 11 is 0. The second-order valence-corrected chi connectivity index (χ2v) is 8.72. The van der Waals surface area contributed by atoms with Crippen LogP contribution in [0.15, 0.2) is 35.1 Å². The highest BCUT2D eigenvalue weighted by molar-refractivity contribution is 5.94. The van der Waals surface area contributed by atoms with Crippen LogP contribution in [0.5, 0.6) is 0 Å². The van der Waals surface area contributed by atoms with Gasteiger partial charge in [0.1, 0.15) is 24.6 Å². The molecule has 0 bridgehead atoms. The Balaban J connectivity index is 1.33. The first-order valence-electron chi connectivity index (χ1n) is 11.0. The summed E-state index contributed by atoms with van der Waals surface area (Å²) in [4.78, 5) is 23.0. The number of aliphatic hydroxyl groups is 1. The number of carbonyl (C=O) groups is 1. The number of aryl methyl sites for hydroxylation is 1. The summed E-state index contributed by atoms with van der Waals surface area (Å²) in [6.07, 6.45) is 3.36. The second-order valence-electron chi connectivity index (χ2n) is 8.72. The van der Waals surface area contributed by atoms with Crippen molar-refractivity contribution in [2.24, 2.45) is 0 Å². The van der Waals surface area contributed by atoms with Crippen LogP contribution in [-0.2, 0) is 17.9 Å². The fourth-order valence-electron chi connectivity index (χ4n) is 4.74. The van der Waals surface area contributed by atoms with Crippen LogP contribution in [0.2, 0.25) is 0 Å². The quantitative estimate of drug-likeness (QED) is 0.610. The Labute approximate surface area is 191 Å². The number of cyclic esters (lactones) is 1. The van der Waals surface area contributed by atoms with Gasteiger partial charge in [0, 0.05) is 37.3 Å². The molecule has 0 saturated carbocycles. The molecule has 5 rings (SSSR count). The van der Waals surface area contributed by atoms with Crippen molar-refractivity contribution in [3.8, 4) is 17.7 Å². The lowest BCUT2D eigenvalue weighted by Gasteiger charge is -2.37. The Morgan fingerprint density at radius 2 is 2.18 bits per heavy atom. The Morgan fingerprint density at radius 1 is 1.33 bits per heavy atom. The molecule has 0 spiro atoms. The number of carbonyl (C=O) groups excluding carboxylic acids is 1. The molecule has 1 saturated heterocycles. The Bertz CT molecular complexity index is 1280. The number of hydrogen-bond acceptors (Lipinski definition) is 8. The first-order chi connectivity index (χ1) is 15.9. The smallest absolute Gasteiger partial charge is 0.338 e. The van der Waals surface area contributed by atoms with Gasteiger partial charge in [0.2, 0.25) is 5.89 Å². The van der Waals surface area contributed by atoms with Gasteiger partial charge in [0.25, 0.3) is 0 Å². The third-order valence-electron chi connectivity index (χ3n) is 6.66. The van der Waals surface area contributed by atoms with Gasteiger partial charge in [-0.25, -0.2) is 14.8 Å². The largest absolute Gasteiger partial charge is 0.457 e. The summed E-state index contributed by atoms with van der Waals surface area (Å²) in [5.74, 6) is 0.0820. The van der Waals surface area contributed by atoms with Crippen molar-refractivity contribution in [1.82, 2.24) is 14.9 Å². The van der Waals surface area contributed by atoms with Crippen molar-refractivity contribution in [3.63, 3.8) is 0 Å². The molecular weight excluding hydrogens is 420 g/mol. The van der Waals surface area contributed by atoms with E-state index in [1.54, 1.807) is 12.3 Å². The first kappa shape index (κ1) is 21.3. The number of fused-ring (bicyclic) bond motifs is 1. The van der Waals surface area contributed by atoms with E-state index in [2.05, 4.69) is 20.9 Å². The van der Waals surface area contributed by atoms with Crippen molar-refractivity contribution in [3.05, 3.63) is 69.7 Å². The predicted molar refractivity (Wildman–Crippen MR) is 118 cm³/mol. The van der Waals surface area contributed by atoms with Crippen molar-refractivity contribution >= 4 is 5.97 Å². The summed E-state index contributed by atoms with van der Waals surface area (Å²) in [5, 5.41) is 19.9. The van der Waals surface area contributed by atoms with Gasteiger partial charge in [0.05, 0.1) is 22.9 Å². The van der Waals surface area contributed by atoms with Gasteiger partial charge in [0.15, 0.2) is 0 Å². The van der Waals surface area contributed by atoms with Gasteiger partial charge in [-0.2, -0.15) is 5.26 Å². The Hall–Kier alpha value is -3.54. The van der Waals surface area contributed by atoms with Crippen LogP contribution in [0.3, 0.4) is 0 Å². The van der Waals surface area contributed by atoms with E-state index >= 15 is 0 Å². The number of aromatic nitrogens is 2. The Morgan fingerprint density at radius 3 is 2.97 bits per heavy atom. The maximum absolute atomic E-state index is 11.9. The second kappa shape index (κ2) is 8.43. The topological polar surface area (TPSA) is 112 Å². The van der Waals surface area contributed by atoms with E-state index in [-0.39, 0.29) is 11.9 Å². The number of oxazole rings is 1. The number of piperidine rings is 1. The number of pyridine rings is 1. The van der Waals surface area contributed by atoms with Crippen LogP contribution in [0.1, 0.15) is 56.2 Å². The van der Waals surface area contributed by atoms with Crippen molar-refractivity contribution < 1.29 is 19.1 Å². The molecule has 2 aliphatic rings. The van der Waals surface area contributed by atoms with E-state index in [9.17, 15) is 9.90 Å². The molecule has 2 atom stereocenters. The van der Waals surface area contributed by atoms with Crippen molar-refractivity contribution in [2.45, 2.75) is 45.4 Å². The molecule has 3 aromatic rings. The van der Waals surface area contributed by atoms with Crippen LogP contribution >= 0.6 is 0 Å². The molecule has 8 heteroatoms. The van der Waals surface area contributed by atoms with Gasteiger partial charge in [-0.3, -0.25) is 4.90 Å². The highest BCUT2D eigenvalue weighted by Crippen LogP contribution is 2.35. The lowest BCUT2D eigenvalue weighted by atomic mass is 9.83. The fraction of sp³-hybridized carbons (Fsp3) is 0.360. The average molecular weight is 444 g/mol. The first-order valence-corrected chi connectivity index (χ1v) is 11.0. The molecule has 1 aromatic carbocycles. The number of aliphatic hydroxyl groups excluding tert-OH is 1. The maximum atomic E-state index is 11.9. The predicted octanol–water partition coefficient (Wildman–Crippen LogP) is 3.25. The van der Waals surface area contributed by atoms with E-state index in [4.69, 9.17) is 14.4 Å². The molecule has 2 aromatic heterocycles. The van der Waals surface area contributed by atoms with Gasteiger partial charge < -0.3 is 14.3 Å². The van der Waals surface area contributed by atoms with Crippen LogP contribution in [0.25, 0.3) is 11.6 Å². The van der Waals surface area contributed by atoms with Gasteiger partial charge in [-0.05, 0) is 49.1 Å². The fourth-order valence-corrected chi connectivity index (χ4v) is 4.74. The zero-order valence-electron chi connectivity index (χ0n) is 18.5. The van der Waals surface area contributed by atoms with Gasteiger partial charge in [-0.1, -0.05) is 6.07 Å². The van der Waals surface area contributed by atoms with Gasteiger partial charge in [-0.15, -0.1) is 0 Å². The highest BCUT2D eigenvalue weighted by atomic mass is 16.5. The zero-order valence-corrected chi connectivity index (χ0v) is 18.5. The molecule has 0 unspecified atom stereocenters.